The van der Waals surface area contributed by atoms with E-state index in [4.69, 9.17) is 18.9 Å². The molecule has 0 unspecified atom stereocenters. The molecule has 0 aliphatic carbocycles. The van der Waals surface area contributed by atoms with Gasteiger partial charge in [0.15, 0.2) is 11.5 Å². The van der Waals surface area contributed by atoms with Crippen molar-refractivity contribution in [2.75, 3.05) is 21.3 Å². The van der Waals surface area contributed by atoms with Crippen LogP contribution in [0.5, 0.6) is 17.2 Å². The first kappa shape index (κ1) is 15.7. The van der Waals surface area contributed by atoms with Gasteiger partial charge < -0.3 is 18.9 Å². The Morgan fingerprint density at radius 3 is 2.05 bits per heavy atom. The summed E-state index contributed by atoms with van der Waals surface area (Å²) in [5, 5.41) is 0. The second-order valence-electron chi connectivity index (χ2n) is 4.48. The van der Waals surface area contributed by atoms with Gasteiger partial charge in [-0.25, -0.2) is 4.79 Å². The lowest BCUT2D eigenvalue weighted by Gasteiger charge is -2.15. The second-order valence-corrected chi connectivity index (χ2v) is 4.48. The fraction of sp³-hybridized carbons (Fsp3) is 0.235. The van der Waals surface area contributed by atoms with Crippen LogP contribution >= 0.6 is 0 Å². The topological polar surface area (TPSA) is 54.0 Å². The largest absolute Gasteiger partial charge is 0.493 e. The van der Waals surface area contributed by atoms with Gasteiger partial charge in [0.2, 0.25) is 5.75 Å². The van der Waals surface area contributed by atoms with Gasteiger partial charge in [0, 0.05) is 0 Å². The fourth-order valence-electron chi connectivity index (χ4n) is 1.99. The molecule has 116 valence electrons. The number of carbonyl (C=O) groups is 1. The van der Waals surface area contributed by atoms with Gasteiger partial charge in [-0.05, 0) is 17.7 Å². The average molecular weight is 302 g/mol. The molecule has 0 aromatic heterocycles. The molecule has 5 nitrogen and oxygen atoms in total. The van der Waals surface area contributed by atoms with Gasteiger partial charge in [0.1, 0.15) is 6.61 Å². The molecule has 0 saturated heterocycles. The molecule has 0 N–H and O–H groups in total. The molecule has 2 aromatic rings. The van der Waals surface area contributed by atoms with E-state index in [0.29, 0.717) is 29.4 Å². The number of benzene rings is 2. The molecule has 22 heavy (non-hydrogen) atoms. The third kappa shape index (κ3) is 3.49. The van der Waals surface area contributed by atoms with Crippen molar-refractivity contribution in [3.63, 3.8) is 0 Å². The van der Waals surface area contributed by atoms with Crippen molar-refractivity contribution in [1.82, 2.24) is 0 Å². The molecule has 0 amide bonds. The predicted molar refractivity (Wildman–Crippen MR) is 81.7 cm³/mol. The second kappa shape index (κ2) is 7.36. The van der Waals surface area contributed by atoms with Crippen molar-refractivity contribution in [2.45, 2.75) is 6.61 Å². The first-order chi connectivity index (χ1) is 10.7. The minimum Gasteiger partial charge on any atom is -0.493 e. The van der Waals surface area contributed by atoms with Crippen LogP contribution in [0.2, 0.25) is 0 Å². The molecular weight excluding hydrogens is 284 g/mol. The number of esters is 1. The molecule has 0 radical (unpaired) electrons. The van der Waals surface area contributed by atoms with E-state index in [9.17, 15) is 4.79 Å². The van der Waals surface area contributed by atoms with Crippen LogP contribution in [0.1, 0.15) is 15.9 Å². The van der Waals surface area contributed by atoms with E-state index in [1.54, 1.807) is 12.1 Å². The van der Waals surface area contributed by atoms with Gasteiger partial charge >= 0.3 is 5.97 Å². The van der Waals surface area contributed by atoms with Crippen LogP contribution < -0.4 is 14.2 Å². The minimum absolute atomic E-state index is 0.336. The lowest BCUT2D eigenvalue weighted by molar-refractivity contribution is 0.0599. The van der Waals surface area contributed by atoms with E-state index in [0.717, 1.165) is 5.56 Å². The fourth-order valence-corrected chi connectivity index (χ4v) is 1.99. The molecule has 0 bridgehead atoms. The summed E-state index contributed by atoms with van der Waals surface area (Å²) < 4.78 is 21.1. The molecule has 5 heteroatoms. The smallest absolute Gasteiger partial charge is 0.338 e. The number of carbonyl (C=O) groups excluding carboxylic acids is 1. The van der Waals surface area contributed by atoms with Crippen molar-refractivity contribution in [2.24, 2.45) is 0 Å². The summed E-state index contributed by atoms with van der Waals surface area (Å²) in [5.74, 6) is 0.805. The molecule has 0 spiro atoms. The Bertz CT molecular complexity index is 612. The number of hydrogen-bond donors (Lipinski definition) is 0. The molecule has 0 aliphatic heterocycles. The average Bonchev–Trinajstić information content (AvgIpc) is 2.59. The summed E-state index contributed by atoms with van der Waals surface area (Å²) in [4.78, 5) is 11.7. The highest BCUT2D eigenvalue weighted by Crippen LogP contribution is 2.39. The van der Waals surface area contributed by atoms with Crippen LogP contribution in [0.3, 0.4) is 0 Å². The van der Waals surface area contributed by atoms with Crippen molar-refractivity contribution in [3.05, 3.63) is 53.6 Å². The zero-order valence-corrected chi connectivity index (χ0v) is 12.8. The van der Waals surface area contributed by atoms with Crippen LogP contribution in [0.15, 0.2) is 42.5 Å². The van der Waals surface area contributed by atoms with Gasteiger partial charge in [0.25, 0.3) is 0 Å². The number of ether oxygens (including phenoxy) is 4. The van der Waals surface area contributed by atoms with Crippen LogP contribution in [-0.2, 0) is 11.3 Å². The van der Waals surface area contributed by atoms with Crippen molar-refractivity contribution < 1.29 is 23.7 Å². The number of hydrogen-bond acceptors (Lipinski definition) is 5. The quantitative estimate of drug-likeness (QED) is 0.768. The van der Waals surface area contributed by atoms with Gasteiger partial charge in [-0.1, -0.05) is 30.3 Å². The summed E-state index contributed by atoms with van der Waals surface area (Å²) in [6.45, 7) is 0.366. The highest BCUT2D eigenvalue weighted by Gasteiger charge is 2.18. The van der Waals surface area contributed by atoms with E-state index in [1.807, 2.05) is 30.3 Å². The molecule has 0 heterocycles. The Balaban J connectivity index is 2.31. The lowest BCUT2D eigenvalue weighted by Crippen LogP contribution is -2.05. The van der Waals surface area contributed by atoms with E-state index in [1.165, 1.54) is 21.3 Å². The van der Waals surface area contributed by atoms with Crippen LogP contribution in [0.4, 0.5) is 0 Å². The first-order valence-corrected chi connectivity index (χ1v) is 6.70. The maximum Gasteiger partial charge on any atom is 0.338 e. The van der Waals surface area contributed by atoms with Crippen molar-refractivity contribution >= 4 is 5.97 Å². The highest BCUT2D eigenvalue weighted by atomic mass is 16.5. The molecule has 0 atom stereocenters. The SMILES string of the molecule is COC(=O)c1cc(OC)c(OCc2ccccc2)c(OC)c1. The van der Waals surface area contributed by atoms with Crippen LogP contribution in [-0.4, -0.2) is 27.3 Å². The third-order valence-electron chi connectivity index (χ3n) is 3.11. The summed E-state index contributed by atoms with van der Waals surface area (Å²) in [5.41, 5.74) is 1.35. The van der Waals surface area contributed by atoms with E-state index >= 15 is 0 Å². The molecule has 2 aromatic carbocycles. The van der Waals surface area contributed by atoms with Crippen LogP contribution in [0.25, 0.3) is 0 Å². The van der Waals surface area contributed by atoms with Crippen molar-refractivity contribution in [3.8, 4) is 17.2 Å². The van der Waals surface area contributed by atoms with E-state index < -0.39 is 5.97 Å². The Morgan fingerprint density at radius 1 is 0.955 bits per heavy atom. The first-order valence-electron chi connectivity index (χ1n) is 6.70. The molecule has 0 fully saturated rings. The lowest BCUT2D eigenvalue weighted by atomic mass is 10.2. The molecular formula is C17H18O5. The maximum absolute atomic E-state index is 11.7. The zero-order chi connectivity index (χ0) is 15.9. The molecule has 0 saturated carbocycles. The summed E-state index contributed by atoms with van der Waals surface area (Å²) in [6.07, 6.45) is 0. The normalized spacial score (nSPS) is 9.95. The van der Waals surface area contributed by atoms with E-state index in [2.05, 4.69) is 0 Å². The van der Waals surface area contributed by atoms with Crippen LogP contribution in [0, 0.1) is 0 Å². The van der Waals surface area contributed by atoms with Gasteiger partial charge in [-0.3, -0.25) is 0 Å². The summed E-state index contributed by atoms with van der Waals surface area (Å²) in [6, 6.07) is 12.9. The van der Waals surface area contributed by atoms with Gasteiger partial charge in [0.05, 0.1) is 26.9 Å². The zero-order valence-electron chi connectivity index (χ0n) is 12.8. The standard InChI is InChI=1S/C17H18O5/c1-19-14-9-13(17(18)21-3)10-15(20-2)16(14)22-11-12-7-5-4-6-8-12/h4-10H,11H2,1-3H3. The summed E-state index contributed by atoms with van der Waals surface area (Å²) >= 11 is 0. The maximum atomic E-state index is 11.7. The summed E-state index contributed by atoms with van der Waals surface area (Å²) in [7, 11) is 4.33. The van der Waals surface area contributed by atoms with Crippen molar-refractivity contribution in [1.29, 1.82) is 0 Å². The Morgan fingerprint density at radius 2 is 1.55 bits per heavy atom. The molecule has 2 rings (SSSR count). The highest BCUT2D eigenvalue weighted by molar-refractivity contribution is 5.91. The Hall–Kier alpha value is -2.69. The third-order valence-corrected chi connectivity index (χ3v) is 3.11. The monoisotopic (exact) mass is 302 g/mol. The number of methoxy groups -OCH3 is 3. The van der Waals surface area contributed by atoms with Gasteiger partial charge in [-0.2, -0.15) is 0 Å². The Kier molecular flexibility index (Phi) is 5.25. The van der Waals surface area contributed by atoms with Gasteiger partial charge in [-0.15, -0.1) is 0 Å². The predicted octanol–water partition coefficient (Wildman–Crippen LogP) is 3.07. The van der Waals surface area contributed by atoms with E-state index in [-0.39, 0.29) is 0 Å². The molecule has 0 aliphatic rings. The number of rotatable bonds is 6. The minimum atomic E-state index is -0.466. The Labute approximate surface area is 129 Å².